The molecule has 1 N–H and O–H groups in total. The summed E-state index contributed by atoms with van der Waals surface area (Å²) < 4.78 is 21.3. The van der Waals surface area contributed by atoms with E-state index in [1.807, 2.05) is 24.3 Å². The third-order valence-electron chi connectivity index (χ3n) is 2.94. The predicted octanol–water partition coefficient (Wildman–Crippen LogP) is 1.55. The van der Waals surface area contributed by atoms with Gasteiger partial charge in [-0.3, -0.25) is 0 Å². The summed E-state index contributed by atoms with van der Waals surface area (Å²) in [4.78, 5) is 0. The molecular formula is C15H22O5. The number of aliphatic hydroxyl groups is 1. The molecule has 0 bridgehead atoms. The first-order valence-corrected chi connectivity index (χ1v) is 6.93. The second kappa shape index (κ2) is 8.21. The maximum atomic E-state index is 9.39. The standard InChI is InChI=1S/C15H22O5/c1-12(16)13-2-4-14(5-3-13)19-9-8-17-6-7-18-10-15-11-20-15/h2-5,12,15-16H,6-11H2,1H3. The SMILES string of the molecule is CC(O)c1ccc(OCCOCCOCC2CO2)cc1. The average Bonchev–Trinajstić information content (AvgIpc) is 3.26. The van der Waals surface area contributed by atoms with E-state index in [-0.39, 0.29) is 0 Å². The van der Waals surface area contributed by atoms with E-state index in [4.69, 9.17) is 18.9 Å². The highest BCUT2D eigenvalue weighted by Gasteiger charge is 2.21. The molecule has 0 radical (unpaired) electrons. The minimum absolute atomic E-state index is 0.308. The van der Waals surface area contributed by atoms with E-state index in [0.29, 0.717) is 39.1 Å². The summed E-state index contributed by atoms with van der Waals surface area (Å²) in [5.41, 5.74) is 0.880. The van der Waals surface area contributed by atoms with Crippen LogP contribution in [0.15, 0.2) is 24.3 Å². The Morgan fingerprint density at radius 3 is 2.45 bits per heavy atom. The van der Waals surface area contributed by atoms with Crippen LogP contribution in [0.25, 0.3) is 0 Å². The van der Waals surface area contributed by atoms with Crippen LogP contribution in [-0.4, -0.2) is 50.9 Å². The molecule has 0 spiro atoms. The molecule has 1 saturated heterocycles. The maximum absolute atomic E-state index is 9.39. The second-order valence-corrected chi connectivity index (χ2v) is 4.74. The summed E-state index contributed by atoms with van der Waals surface area (Å²) in [5.74, 6) is 0.778. The zero-order valence-electron chi connectivity index (χ0n) is 11.8. The fraction of sp³-hybridized carbons (Fsp3) is 0.600. The molecule has 1 heterocycles. The van der Waals surface area contributed by atoms with E-state index >= 15 is 0 Å². The van der Waals surface area contributed by atoms with Crippen LogP contribution >= 0.6 is 0 Å². The fourth-order valence-corrected chi connectivity index (χ4v) is 1.66. The van der Waals surface area contributed by atoms with E-state index in [0.717, 1.165) is 17.9 Å². The number of aliphatic hydroxyl groups excluding tert-OH is 1. The number of ether oxygens (including phenoxy) is 4. The molecule has 1 aromatic rings. The molecule has 112 valence electrons. The third-order valence-corrected chi connectivity index (χ3v) is 2.94. The number of benzene rings is 1. The van der Waals surface area contributed by atoms with Crippen LogP contribution in [-0.2, 0) is 14.2 Å². The number of rotatable bonds is 10. The zero-order chi connectivity index (χ0) is 14.2. The molecule has 1 aliphatic rings. The quantitative estimate of drug-likeness (QED) is 0.521. The van der Waals surface area contributed by atoms with Crippen molar-refractivity contribution in [1.82, 2.24) is 0 Å². The maximum Gasteiger partial charge on any atom is 0.119 e. The van der Waals surface area contributed by atoms with Gasteiger partial charge in [-0.25, -0.2) is 0 Å². The van der Waals surface area contributed by atoms with Gasteiger partial charge in [0.15, 0.2) is 0 Å². The lowest BCUT2D eigenvalue weighted by molar-refractivity contribution is 0.0317. The van der Waals surface area contributed by atoms with Gasteiger partial charge >= 0.3 is 0 Å². The van der Waals surface area contributed by atoms with Crippen molar-refractivity contribution >= 4 is 0 Å². The molecule has 5 heteroatoms. The fourth-order valence-electron chi connectivity index (χ4n) is 1.66. The first kappa shape index (κ1) is 15.3. The Kier molecular flexibility index (Phi) is 6.26. The molecular weight excluding hydrogens is 260 g/mol. The second-order valence-electron chi connectivity index (χ2n) is 4.74. The van der Waals surface area contributed by atoms with Crippen LogP contribution in [0.3, 0.4) is 0 Å². The van der Waals surface area contributed by atoms with Gasteiger partial charge in [-0.15, -0.1) is 0 Å². The molecule has 2 rings (SSSR count). The average molecular weight is 282 g/mol. The molecule has 0 aliphatic carbocycles. The van der Waals surface area contributed by atoms with Crippen molar-refractivity contribution in [2.45, 2.75) is 19.1 Å². The zero-order valence-corrected chi connectivity index (χ0v) is 11.8. The molecule has 0 amide bonds. The molecule has 0 saturated carbocycles. The minimum Gasteiger partial charge on any atom is -0.491 e. The van der Waals surface area contributed by atoms with Crippen LogP contribution in [0.5, 0.6) is 5.75 Å². The Balaban J connectivity index is 1.47. The Morgan fingerprint density at radius 1 is 1.15 bits per heavy atom. The summed E-state index contributed by atoms with van der Waals surface area (Å²) in [6, 6.07) is 7.41. The summed E-state index contributed by atoms with van der Waals surface area (Å²) >= 11 is 0. The Hall–Kier alpha value is -1.14. The lowest BCUT2D eigenvalue weighted by atomic mass is 10.1. The van der Waals surface area contributed by atoms with Crippen molar-refractivity contribution in [3.05, 3.63) is 29.8 Å². The lowest BCUT2D eigenvalue weighted by Crippen LogP contribution is -2.12. The van der Waals surface area contributed by atoms with Crippen molar-refractivity contribution in [2.24, 2.45) is 0 Å². The van der Waals surface area contributed by atoms with Crippen molar-refractivity contribution in [3.63, 3.8) is 0 Å². The van der Waals surface area contributed by atoms with E-state index in [1.54, 1.807) is 6.92 Å². The van der Waals surface area contributed by atoms with Gasteiger partial charge in [0, 0.05) is 0 Å². The first-order valence-electron chi connectivity index (χ1n) is 6.93. The highest BCUT2D eigenvalue weighted by Crippen LogP contribution is 2.17. The van der Waals surface area contributed by atoms with Crippen LogP contribution < -0.4 is 4.74 Å². The van der Waals surface area contributed by atoms with E-state index < -0.39 is 6.10 Å². The van der Waals surface area contributed by atoms with Crippen molar-refractivity contribution < 1.29 is 24.1 Å². The number of epoxide rings is 1. The summed E-state index contributed by atoms with van der Waals surface area (Å²) in [7, 11) is 0. The monoisotopic (exact) mass is 282 g/mol. The predicted molar refractivity (Wildman–Crippen MR) is 73.9 cm³/mol. The molecule has 20 heavy (non-hydrogen) atoms. The molecule has 1 aromatic carbocycles. The highest BCUT2D eigenvalue weighted by atomic mass is 16.6. The van der Waals surface area contributed by atoms with Gasteiger partial charge in [0.25, 0.3) is 0 Å². The Bertz CT molecular complexity index is 372. The molecule has 2 unspecified atom stereocenters. The van der Waals surface area contributed by atoms with Gasteiger partial charge < -0.3 is 24.1 Å². The van der Waals surface area contributed by atoms with E-state index in [2.05, 4.69) is 0 Å². The Morgan fingerprint density at radius 2 is 1.80 bits per heavy atom. The van der Waals surface area contributed by atoms with Crippen LogP contribution in [0.1, 0.15) is 18.6 Å². The van der Waals surface area contributed by atoms with Gasteiger partial charge in [0.05, 0.1) is 39.1 Å². The van der Waals surface area contributed by atoms with Crippen molar-refractivity contribution in [2.75, 3.05) is 39.6 Å². The molecule has 2 atom stereocenters. The smallest absolute Gasteiger partial charge is 0.119 e. The van der Waals surface area contributed by atoms with Gasteiger partial charge in [0.1, 0.15) is 18.5 Å². The van der Waals surface area contributed by atoms with Gasteiger partial charge in [-0.1, -0.05) is 12.1 Å². The molecule has 0 aromatic heterocycles. The third kappa shape index (κ3) is 5.88. The van der Waals surface area contributed by atoms with Crippen LogP contribution in [0.2, 0.25) is 0 Å². The normalized spacial score (nSPS) is 18.8. The number of hydrogen-bond acceptors (Lipinski definition) is 5. The Labute approximate surface area is 119 Å². The summed E-state index contributed by atoms with van der Waals surface area (Å²) in [6.07, 6.45) is -0.142. The van der Waals surface area contributed by atoms with Crippen molar-refractivity contribution in [3.8, 4) is 5.75 Å². The van der Waals surface area contributed by atoms with Crippen LogP contribution in [0, 0.1) is 0 Å². The van der Waals surface area contributed by atoms with Crippen LogP contribution in [0.4, 0.5) is 0 Å². The largest absolute Gasteiger partial charge is 0.491 e. The van der Waals surface area contributed by atoms with Gasteiger partial charge in [-0.05, 0) is 24.6 Å². The molecule has 1 aliphatic heterocycles. The summed E-state index contributed by atoms with van der Waals surface area (Å²) in [6.45, 7) is 5.40. The first-order chi connectivity index (χ1) is 9.75. The van der Waals surface area contributed by atoms with Gasteiger partial charge in [0.2, 0.25) is 0 Å². The van der Waals surface area contributed by atoms with E-state index in [9.17, 15) is 5.11 Å². The molecule has 5 nitrogen and oxygen atoms in total. The van der Waals surface area contributed by atoms with E-state index in [1.165, 1.54) is 0 Å². The van der Waals surface area contributed by atoms with Gasteiger partial charge in [-0.2, -0.15) is 0 Å². The highest BCUT2D eigenvalue weighted by molar-refractivity contribution is 5.28. The van der Waals surface area contributed by atoms with Crippen molar-refractivity contribution in [1.29, 1.82) is 0 Å². The molecule has 1 fully saturated rings. The number of hydrogen-bond donors (Lipinski definition) is 1. The lowest BCUT2D eigenvalue weighted by Gasteiger charge is -2.09. The summed E-state index contributed by atoms with van der Waals surface area (Å²) in [5, 5.41) is 9.39. The topological polar surface area (TPSA) is 60.5 Å². The minimum atomic E-state index is -0.451.